The molecule has 0 aliphatic carbocycles. The van der Waals surface area contributed by atoms with Gasteiger partial charge in [-0.15, -0.1) is 0 Å². The van der Waals surface area contributed by atoms with E-state index in [0.29, 0.717) is 24.7 Å². The van der Waals surface area contributed by atoms with E-state index >= 15 is 0 Å². The Bertz CT molecular complexity index is 459. The predicted octanol–water partition coefficient (Wildman–Crippen LogP) is 3.70. The molecule has 0 heterocycles. The van der Waals surface area contributed by atoms with E-state index in [0.717, 1.165) is 11.4 Å². The number of hydrogen-bond donors (Lipinski definition) is 0. The summed E-state index contributed by atoms with van der Waals surface area (Å²) in [6.45, 7) is 8.13. The fourth-order valence-corrected chi connectivity index (χ4v) is 2.16. The van der Waals surface area contributed by atoms with Crippen molar-refractivity contribution in [1.29, 1.82) is 0 Å². The number of carbonyl (C=O) groups excluding carboxylic acids is 2. The maximum Gasteiger partial charge on any atom is 0.226 e. The molecule has 1 aromatic rings. The molecule has 22 heavy (non-hydrogen) atoms. The number of amides is 2. The lowest BCUT2D eigenvalue weighted by Gasteiger charge is -2.21. The van der Waals surface area contributed by atoms with Gasteiger partial charge in [-0.05, 0) is 36.1 Å². The van der Waals surface area contributed by atoms with Gasteiger partial charge in [0.1, 0.15) is 0 Å². The highest BCUT2D eigenvalue weighted by Gasteiger charge is 2.15. The molecule has 2 amide bonds. The first-order valence-electron chi connectivity index (χ1n) is 7.85. The highest BCUT2D eigenvalue weighted by atomic mass is 16.2. The first-order valence-corrected chi connectivity index (χ1v) is 7.85. The molecule has 0 fully saturated rings. The zero-order valence-electron chi connectivity index (χ0n) is 14.6. The zero-order chi connectivity index (χ0) is 16.9. The number of benzene rings is 1. The average molecular weight is 304 g/mol. The van der Waals surface area contributed by atoms with Crippen molar-refractivity contribution in [3.05, 3.63) is 24.3 Å². The van der Waals surface area contributed by atoms with E-state index in [1.807, 2.05) is 52.0 Å². The van der Waals surface area contributed by atoms with Gasteiger partial charge in [-0.2, -0.15) is 0 Å². The Balaban J connectivity index is 2.77. The van der Waals surface area contributed by atoms with Crippen molar-refractivity contribution in [3.63, 3.8) is 0 Å². The lowest BCUT2D eigenvalue weighted by Crippen LogP contribution is -2.28. The highest BCUT2D eigenvalue weighted by molar-refractivity contribution is 5.95. The van der Waals surface area contributed by atoms with E-state index in [-0.39, 0.29) is 11.8 Å². The Kier molecular flexibility index (Phi) is 6.60. The van der Waals surface area contributed by atoms with Crippen molar-refractivity contribution in [2.75, 3.05) is 23.9 Å². The fourth-order valence-electron chi connectivity index (χ4n) is 2.16. The molecule has 0 saturated carbocycles. The van der Waals surface area contributed by atoms with Crippen LogP contribution in [0.4, 0.5) is 11.4 Å². The Hall–Kier alpha value is -1.84. The summed E-state index contributed by atoms with van der Waals surface area (Å²) >= 11 is 0. The van der Waals surface area contributed by atoms with E-state index in [1.54, 1.807) is 23.9 Å². The third kappa shape index (κ3) is 5.17. The van der Waals surface area contributed by atoms with Crippen LogP contribution in [0.3, 0.4) is 0 Å². The number of anilines is 2. The molecule has 0 atom stereocenters. The van der Waals surface area contributed by atoms with Gasteiger partial charge in [0.15, 0.2) is 0 Å². The SMILES string of the molecule is CC(C)CC(=O)N(C)c1ccc(N(C)C(=O)CC(C)C)cc1. The van der Waals surface area contributed by atoms with E-state index in [1.165, 1.54) is 0 Å². The number of nitrogens with zero attached hydrogens (tertiary/aromatic N) is 2. The summed E-state index contributed by atoms with van der Waals surface area (Å²) in [5.41, 5.74) is 1.69. The zero-order valence-corrected chi connectivity index (χ0v) is 14.6. The Morgan fingerprint density at radius 2 is 1.05 bits per heavy atom. The molecule has 0 aromatic heterocycles. The highest BCUT2D eigenvalue weighted by Crippen LogP contribution is 2.21. The summed E-state index contributed by atoms with van der Waals surface area (Å²) in [6, 6.07) is 7.53. The van der Waals surface area contributed by atoms with Crippen molar-refractivity contribution in [1.82, 2.24) is 0 Å². The van der Waals surface area contributed by atoms with Gasteiger partial charge in [-0.1, -0.05) is 27.7 Å². The molecule has 1 aromatic carbocycles. The summed E-state index contributed by atoms with van der Waals surface area (Å²) in [5.74, 6) is 0.891. The molecule has 0 N–H and O–H groups in total. The van der Waals surface area contributed by atoms with Crippen LogP contribution in [0, 0.1) is 11.8 Å². The molecule has 4 heteroatoms. The maximum atomic E-state index is 12.1. The van der Waals surface area contributed by atoms with Crippen LogP contribution in [-0.2, 0) is 9.59 Å². The van der Waals surface area contributed by atoms with Gasteiger partial charge in [-0.3, -0.25) is 9.59 Å². The van der Waals surface area contributed by atoms with Crippen LogP contribution in [0.15, 0.2) is 24.3 Å². The van der Waals surface area contributed by atoms with Crippen LogP contribution < -0.4 is 9.80 Å². The minimum atomic E-state index is 0.104. The predicted molar refractivity (Wildman–Crippen MR) is 92.2 cm³/mol. The lowest BCUT2D eigenvalue weighted by atomic mass is 10.1. The van der Waals surface area contributed by atoms with Gasteiger partial charge < -0.3 is 9.80 Å². The third-order valence-electron chi connectivity index (χ3n) is 3.54. The molecule has 0 radical (unpaired) electrons. The smallest absolute Gasteiger partial charge is 0.226 e. The van der Waals surface area contributed by atoms with Crippen LogP contribution >= 0.6 is 0 Å². The molecular formula is C18H28N2O2. The Morgan fingerprint density at radius 1 is 0.773 bits per heavy atom. The number of hydrogen-bond acceptors (Lipinski definition) is 2. The molecule has 0 saturated heterocycles. The first-order chi connectivity index (χ1) is 10.2. The minimum absolute atomic E-state index is 0.104. The van der Waals surface area contributed by atoms with Gasteiger partial charge in [0, 0.05) is 38.3 Å². The van der Waals surface area contributed by atoms with Crippen molar-refractivity contribution in [2.24, 2.45) is 11.8 Å². The summed E-state index contributed by atoms with van der Waals surface area (Å²) in [6.07, 6.45) is 1.07. The number of rotatable bonds is 6. The molecule has 0 bridgehead atoms. The van der Waals surface area contributed by atoms with Crippen molar-refractivity contribution in [3.8, 4) is 0 Å². The van der Waals surface area contributed by atoms with E-state index < -0.39 is 0 Å². The quantitative estimate of drug-likeness (QED) is 0.804. The molecule has 0 spiro atoms. The second kappa shape index (κ2) is 7.97. The molecule has 4 nitrogen and oxygen atoms in total. The van der Waals surface area contributed by atoms with Crippen LogP contribution in [-0.4, -0.2) is 25.9 Å². The first kappa shape index (κ1) is 18.2. The Labute approximate surface area is 134 Å². The standard InChI is InChI=1S/C18H28N2O2/c1-13(2)11-17(21)19(5)15-7-9-16(10-8-15)20(6)18(22)12-14(3)4/h7-10,13-14H,11-12H2,1-6H3. The van der Waals surface area contributed by atoms with Crippen LogP contribution in [0.25, 0.3) is 0 Å². The Morgan fingerprint density at radius 3 is 1.27 bits per heavy atom. The van der Waals surface area contributed by atoms with Crippen LogP contribution in [0.2, 0.25) is 0 Å². The molecular weight excluding hydrogens is 276 g/mol. The average Bonchev–Trinajstić information content (AvgIpc) is 2.44. The van der Waals surface area contributed by atoms with E-state index in [4.69, 9.17) is 0 Å². The maximum absolute atomic E-state index is 12.1. The second-order valence-electron chi connectivity index (χ2n) is 6.62. The monoisotopic (exact) mass is 304 g/mol. The minimum Gasteiger partial charge on any atom is -0.315 e. The largest absolute Gasteiger partial charge is 0.315 e. The van der Waals surface area contributed by atoms with Crippen molar-refractivity contribution < 1.29 is 9.59 Å². The van der Waals surface area contributed by atoms with Crippen molar-refractivity contribution in [2.45, 2.75) is 40.5 Å². The number of carbonyl (C=O) groups is 2. The molecule has 0 aliphatic heterocycles. The van der Waals surface area contributed by atoms with Gasteiger partial charge in [0.2, 0.25) is 11.8 Å². The van der Waals surface area contributed by atoms with Crippen LogP contribution in [0.5, 0.6) is 0 Å². The van der Waals surface area contributed by atoms with Crippen molar-refractivity contribution >= 4 is 23.2 Å². The normalized spacial score (nSPS) is 10.9. The lowest BCUT2D eigenvalue weighted by molar-refractivity contribution is -0.119. The van der Waals surface area contributed by atoms with Gasteiger partial charge in [-0.25, -0.2) is 0 Å². The summed E-state index contributed by atoms with van der Waals surface area (Å²) in [7, 11) is 3.57. The van der Waals surface area contributed by atoms with Gasteiger partial charge in [0.05, 0.1) is 0 Å². The topological polar surface area (TPSA) is 40.6 Å². The van der Waals surface area contributed by atoms with Gasteiger partial charge in [0.25, 0.3) is 0 Å². The van der Waals surface area contributed by atoms with Crippen LogP contribution in [0.1, 0.15) is 40.5 Å². The molecule has 1 rings (SSSR count). The summed E-state index contributed by atoms with van der Waals surface area (Å²) in [4.78, 5) is 27.5. The summed E-state index contributed by atoms with van der Waals surface area (Å²) < 4.78 is 0. The molecule has 0 unspecified atom stereocenters. The molecule has 122 valence electrons. The second-order valence-corrected chi connectivity index (χ2v) is 6.62. The summed E-state index contributed by atoms with van der Waals surface area (Å²) in [5, 5.41) is 0. The fraction of sp³-hybridized carbons (Fsp3) is 0.556. The molecule has 0 aliphatic rings. The third-order valence-corrected chi connectivity index (χ3v) is 3.54. The van der Waals surface area contributed by atoms with E-state index in [9.17, 15) is 9.59 Å². The van der Waals surface area contributed by atoms with E-state index in [2.05, 4.69) is 0 Å². The van der Waals surface area contributed by atoms with Gasteiger partial charge >= 0.3 is 0 Å².